The third kappa shape index (κ3) is 5.01. The van der Waals surface area contributed by atoms with Crippen molar-refractivity contribution in [2.75, 3.05) is 0 Å². The smallest absolute Gasteiger partial charge is 0.336 e. The number of aromatic carboxylic acids is 2. The molecule has 0 spiro atoms. The van der Waals surface area contributed by atoms with Crippen LogP contribution in [0.3, 0.4) is 0 Å². The van der Waals surface area contributed by atoms with Gasteiger partial charge in [0, 0.05) is 27.9 Å². The number of fused-ring (bicyclic) bond motifs is 1. The van der Waals surface area contributed by atoms with E-state index < -0.39 is 17.8 Å². The molecular formula is C26H29BNO6. The average Bonchev–Trinajstić information content (AvgIpc) is 2.83. The van der Waals surface area contributed by atoms with Crippen LogP contribution >= 0.6 is 0 Å². The van der Waals surface area contributed by atoms with Crippen LogP contribution in [0, 0.1) is 0 Å². The van der Waals surface area contributed by atoms with E-state index in [0.29, 0.717) is 0 Å². The Morgan fingerprint density at radius 2 is 1.15 bits per heavy atom. The van der Waals surface area contributed by atoms with Gasteiger partial charge in [-0.3, -0.25) is 4.79 Å². The highest BCUT2D eigenvalue weighted by atomic mass is 16.4. The molecular weight excluding hydrogens is 433 g/mol. The van der Waals surface area contributed by atoms with Gasteiger partial charge in [-0.05, 0) is 31.0 Å². The van der Waals surface area contributed by atoms with Crippen LogP contribution in [-0.4, -0.2) is 47.1 Å². The second-order valence-electron chi connectivity index (χ2n) is 9.42. The van der Waals surface area contributed by atoms with Crippen LogP contribution in [0.25, 0.3) is 10.8 Å². The topological polar surface area (TPSA) is 121 Å². The van der Waals surface area contributed by atoms with Crippen molar-refractivity contribution in [3.63, 3.8) is 0 Å². The molecule has 0 heterocycles. The van der Waals surface area contributed by atoms with Crippen LogP contribution < -0.4 is 5.32 Å². The summed E-state index contributed by atoms with van der Waals surface area (Å²) in [6.07, 6.45) is 9.87. The maximum absolute atomic E-state index is 13.3. The predicted molar refractivity (Wildman–Crippen MR) is 129 cm³/mol. The number of amides is 1. The average molecular weight is 462 g/mol. The number of carboxylic acid groups (broad SMARTS) is 2. The summed E-state index contributed by atoms with van der Waals surface area (Å²) in [4.78, 5) is 50.7. The molecule has 8 heteroatoms. The Bertz CT molecular complexity index is 1040. The van der Waals surface area contributed by atoms with Gasteiger partial charge in [0.25, 0.3) is 5.91 Å². The van der Waals surface area contributed by atoms with Gasteiger partial charge in [-0.2, -0.15) is 0 Å². The van der Waals surface area contributed by atoms with E-state index in [-0.39, 0.29) is 50.6 Å². The molecule has 7 nitrogen and oxygen atoms in total. The first-order valence-electron chi connectivity index (χ1n) is 12.1. The van der Waals surface area contributed by atoms with E-state index in [0.717, 1.165) is 64.2 Å². The summed E-state index contributed by atoms with van der Waals surface area (Å²) in [5, 5.41) is 22.7. The van der Waals surface area contributed by atoms with Gasteiger partial charge in [-0.15, -0.1) is 0 Å². The fraction of sp³-hybridized carbons (Fsp3) is 0.462. The van der Waals surface area contributed by atoms with Gasteiger partial charge in [0.15, 0.2) is 0 Å². The molecule has 2 aromatic carbocycles. The molecule has 1 radical (unpaired) electrons. The lowest BCUT2D eigenvalue weighted by Crippen LogP contribution is -2.36. The van der Waals surface area contributed by atoms with Gasteiger partial charge in [-0.25, -0.2) is 9.59 Å². The largest absolute Gasteiger partial charge is 0.478 e. The van der Waals surface area contributed by atoms with Crippen LogP contribution in [0.15, 0.2) is 24.3 Å². The van der Waals surface area contributed by atoms with Gasteiger partial charge in [0.1, 0.15) is 5.68 Å². The summed E-state index contributed by atoms with van der Waals surface area (Å²) in [6.45, 7) is 0. The maximum Gasteiger partial charge on any atom is 0.336 e. The highest BCUT2D eigenvalue weighted by Crippen LogP contribution is 2.33. The lowest BCUT2D eigenvalue weighted by atomic mass is 9.54. The molecule has 0 unspecified atom stereocenters. The molecule has 2 aliphatic carbocycles. The molecule has 2 fully saturated rings. The van der Waals surface area contributed by atoms with Crippen molar-refractivity contribution >= 4 is 41.6 Å². The number of nitrogens with one attached hydrogen (secondary N) is 1. The molecule has 0 atom stereocenters. The van der Waals surface area contributed by atoms with E-state index in [1.165, 1.54) is 24.3 Å². The number of carbonyl (C=O) groups excluding carboxylic acids is 2. The van der Waals surface area contributed by atoms with Crippen LogP contribution in [0.2, 0.25) is 5.82 Å². The second-order valence-corrected chi connectivity index (χ2v) is 9.42. The minimum Gasteiger partial charge on any atom is -0.478 e. The van der Waals surface area contributed by atoms with Gasteiger partial charge in [0.05, 0.1) is 11.1 Å². The Balaban J connectivity index is 1.83. The standard InChI is InChI=1S/C26H29BNO6/c29-23(27-15-7-3-1-4-8-15)17-11-13-20(26(33)34)22-18(12-14-19(21(17)22)25(31)32)24(30)28-16-9-5-2-6-10-16/h11-16H,1-10H2,(H,28,30)(H,31,32)(H,33,34). The molecule has 34 heavy (non-hydrogen) atoms. The quantitative estimate of drug-likeness (QED) is 0.504. The van der Waals surface area contributed by atoms with Crippen LogP contribution in [-0.2, 0) is 0 Å². The highest BCUT2D eigenvalue weighted by Gasteiger charge is 2.28. The molecule has 0 saturated heterocycles. The van der Waals surface area contributed by atoms with Crippen molar-refractivity contribution < 1.29 is 29.4 Å². The number of rotatable bonds is 7. The van der Waals surface area contributed by atoms with Gasteiger partial charge < -0.3 is 20.3 Å². The van der Waals surface area contributed by atoms with E-state index in [4.69, 9.17) is 0 Å². The number of hydrogen-bond acceptors (Lipinski definition) is 4. The third-order valence-corrected chi connectivity index (χ3v) is 7.11. The second kappa shape index (κ2) is 10.4. The Morgan fingerprint density at radius 1 is 0.676 bits per heavy atom. The predicted octanol–water partition coefficient (Wildman–Crippen LogP) is 4.90. The SMILES string of the molecule is O=C(O)c1ccc(C(=O)NC2CCCCC2)c2c(C(=O)O)ccc(C(=O)[B]C3CCCCC3)c12. The van der Waals surface area contributed by atoms with Gasteiger partial charge >= 0.3 is 11.9 Å². The Kier molecular flexibility index (Phi) is 7.34. The molecule has 3 N–H and O–H groups in total. The van der Waals surface area contributed by atoms with E-state index in [1.54, 1.807) is 7.28 Å². The van der Waals surface area contributed by atoms with Crippen molar-refractivity contribution in [1.29, 1.82) is 0 Å². The van der Waals surface area contributed by atoms with Gasteiger partial charge in [-0.1, -0.05) is 63.3 Å². The summed E-state index contributed by atoms with van der Waals surface area (Å²) >= 11 is 0. The first-order chi connectivity index (χ1) is 16.4. The fourth-order valence-corrected chi connectivity index (χ4v) is 5.36. The van der Waals surface area contributed by atoms with E-state index in [9.17, 15) is 29.4 Å². The summed E-state index contributed by atoms with van der Waals surface area (Å²) in [5.41, 5.74) is -0.513. The minimum atomic E-state index is -1.28. The third-order valence-electron chi connectivity index (χ3n) is 7.11. The highest BCUT2D eigenvalue weighted by molar-refractivity contribution is 6.79. The zero-order valence-electron chi connectivity index (χ0n) is 19.1. The first kappa shape index (κ1) is 24.0. The molecule has 2 saturated carbocycles. The van der Waals surface area contributed by atoms with Crippen molar-refractivity contribution in [2.24, 2.45) is 0 Å². The van der Waals surface area contributed by atoms with Crippen molar-refractivity contribution in [1.82, 2.24) is 5.32 Å². The molecule has 1 amide bonds. The molecule has 0 aliphatic heterocycles. The molecule has 0 aromatic heterocycles. The lowest BCUT2D eigenvalue weighted by Gasteiger charge is -2.24. The Hall–Kier alpha value is -3.16. The van der Waals surface area contributed by atoms with E-state index in [1.807, 2.05) is 0 Å². The lowest BCUT2D eigenvalue weighted by molar-refractivity contribution is 0.0686. The van der Waals surface area contributed by atoms with E-state index in [2.05, 4.69) is 5.32 Å². The zero-order chi connectivity index (χ0) is 24.2. The van der Waals surface area contributed by atoms with Crippen molar-refractivity contribution in [3.8, 4) is 0 Å². The molecule has 2 aromatic rings. The monoisotopic (exact) mass is 462 g/mol. The van der Waals surface area contributed by atoms with Crippen molar-refractivity contribution in [3.05, 3.63) is 46.5 Å². The fourth-order valence-electron chi connectivity index (χ4n) is 5.36. The number of hydrogen-bond donors (Lipinski definition) is 3. The van der Waals surface area contributed by atoms with Crippen LogP contribution in [0.5, 0.6) is 0 Å². The molecule has 0 bridgehead atoms. The minimum absolute atomic E-state index is 0.00334. The summed E-state index contributed by atoms with van der Waals surface area (Å²) in [6, 6.07) is 5.32. The van der Waals surface area contributed by atoms with Crippen molar-refractivity contribution in [2.45, 2.75) is 76.1 Å². The Labute approximate surface area is 199 Å². The zero-order valence-corrected chi connectivity index (χ0v) is 19.1. The first-order valence-corrected chi connectivity index (χ1v) is 12.1. The van der Waals surface area contributed by atoms with E-state index >= 15 is 0 Å². The van der Waals surface area contributed by atoms with Crippen LogP contribution in [0.1, 0.15) is 106 Å². The normalized spacial score (nSPS) is 17.3. The van der Waals surface area contributed by atoms with Gasteiger partial charge in [0.2, 0.25) is 7.28 Å². The number of benzene rings is 2. The summed E-state index contributed by atoms with van der Waals surface area (Å²) < 4.78 is 0. The summed E-state index contributed by atoms with van der Waals surface area (Å²) in [5.74, 6) is -2.90. The Morgan fingerprint density at radius 3 is 1.71 bits per heavy atom. The van der Waals surface area contributed by atoms with Crippen LogP contribution in [0.4, 0.5) is 0 Å². The summed E-state index contributed by atoms with van der Waals surface area (Å²) in [7, 11) is 1.63. The number of carboxylic acids is 2. The molecule has 2 aliphatic rings. The number of carbonyl (C=O) groups is 4. The maximum atomic E-state index is 13.3. The molecule has 177 valence electrons. The molecule has 4 rings (SSSR count).